The van der Waals surface area contributed by atoms with Crippen LogP contribution < -0.4 is 10.6 Å². The molecule has 0 saturated carbocycles. The maximum atomic E-state index is 11.8. The highest BCUT2D eigenvalue weighted by atomic mass is 16.2. The molecule has 1 aromatic heterocycles. The molecule has 0 fully saturated rings. The predicted molar refractivity (Wildman–Crippen MR) is 79.5 cm³/mol. The van der Waals surface area contributed by atoms with Gasteiger partial charge in [0.05, 0.1) is 0 Å². The molecule has 0 atom stereocenters. The van der Waals surface area contributed by atoms with E-state index < -0.39 is 0 Å². The van der Waals surface area contributed by atoms with Gasteiger partial charge in [-0.1, -0.05) is 24.3 Å². The first-order valence-corrected chi connectivity index (χ1v) is 6.74. The Bertz CT molecular complexity index is 585. The number of rotatable bonds is 6. The minimum atomic E-state index is -0.171. The van der Waals surface area contributed by atoms with Crippen LogP contribution in [0.3, 0.4) is 0 Å². The van der Waals surface area contributed by atoms with E-state index in [1.165, 1.54) is 0 Å². The number of benzene rings is 1. The van der Waals surface area contributed by atoms with Crippen molar-refractivity contribution in [2.75, 3.05) is 6.54 Å². The molecule has 5 heteroatoms. The van der Waals surface area contributed by atoms with E-state index in [0.29, 0.717) is 18.7 Å². The molecule has 1 aromatic carbocycles. The van der Waals surface area contributed by atoms with Crippen LogP contribution in [-0.2, 0) is 11.3 Å². The molecule has 2 aromatic rings. The average Bonchev–Trinajstić information content (AvgIpc) is 2.54. The number of hydrogen-bond donors (Lipinski definition) is 2. The SMILES string of the molecule is O=C(CCNC(=O)c1ccccc1)NCc1cccnc1. The van der Waals surface area contributed by atoms with Crippen LogP contribution in [0.5, 0.6) is 0 Å². The number of aromatic nitrogens is 1. The number of amides is 2. The van der Waals surface area contributed by atoms with Gasteiger partial charge in [0.1, 0.15) is 0 Å². The lowest BCUT2D eigenvalue weighted by Crippen LogP contribution is -2.30. The fourth-order valence-corrected chi connectivity index (χ4v) is 1.77. The highest BCUT2D eigenvalue weighted by molar-refractivity contribution is 5.94. The number of pyridine rings is 1. The summed E-state index contributed by atoms with van der Waals surface area (Å²) in [5.41, 5.74) is 1.53. The van der Waals surface area contributed by atoms with Crippen LogP contribution in [0.1, 0.15) is 22.3 Å². The number of nitrogens with one attached hydrogen (secondary N) is 2. The third kappa shape index (κ3) is 5.06. The van der Waals surface area contributed by atoms with E-state index in [1.807, 2.05) is 18.2 Å². The van der Waals surface area contributed by atoms with Crippen molar-refractivity contribution in [1.82, 2.24) is 15.6 Å². The molecule has 1 heterocycles. The lowest BCUT2D eigenvalue weighted by Gasteiger charge is -2.06. The molecule has 5 nitrogen and oxygen atoms in total. The van der Waals surface area contributed by atoms with Crippen LogP contribution in [-0.4, -0.2) is 23.3 Å². The number of nitrogens with zero attached hydrogens (tertiary/aromatic N) is 1. The summed E-state index contributed by atoms with van der Waals surface area (Å²) in [6.07, 6.45) is 3.64. The van der Waals surface area contributed by atoms with Crippen LogP contribution in [0.15, 0.2) is 54.9 Å². The Hall–Kier alpha value is -2.69. The molecule has 0 spiro atoms. The minimum absolute atomic E-state index is 0.104. The van der Waals surface area contributed by atoms with Gasteiger partial charge in [-0.3, -0.25) is 14.6 Å². The summed E-state index contributed by atoms with van der Waals surface area (Å²) in [5, 5.41) is 5.50. The molecule has 2 rings (SSSR count). The van der Waals surface area contributed by atoms with E-state index in [0.717, 1.165) is 5.56 Å². The zero-order chi connectivity index (χ0) is 14.9. The van der Waals surface area contributed by atoms with Gasteiger partial charge in [-0.05, 0) is 23.8 Å². The molecular formula is C16H17N3O2. The second kappa shape index (κ2) is 7.79. The lowest BCUT2D eigenvalue weighted by atomic mass is 10.2. The van der Waals surface area contributed by atoms with E-state index in [1.54, 1.807) is 36.7 Å². The van der Waals surface area contributed by atoms with Crippen molar-refractivity contribution in [1.29, 1.82) is 0 Å². The topological polar surface area (TPSA) is 71.1 Å². The fraction of sp³-hybridized carbons (Fsp3) is 0.188. The maximum Gasteiger partial charge on any atom is 0.251 e. The first-order chi connectivity index (χ1) is 10.3. The van der Waals surface area contributed by atoms with Crippen molar-refractivity contribution < 1.29 is 9.59 Å². The summed E-state index contributed by atoms with van der Waals surface area (Å²) in [6.45, 7) is 0.756. The molecule has 0 radical (unpaired) electrons. The highest BCUT2D eigenvalue weighted by Crippen LogP contribution is 1.98. The minimum Gasteiger partial charge on any atom is -0.352 e. The van der Waals surface area contributed by atoms with Crippen molar-refractivity contribution in [3.63, 3.8) is 0 Å². The van der Waals surface area contributed by atoms with Crippen LogP contribution in [0.2, 0.25) is 0 Å². The van der Waals surface area contributed by atoms with Gasteiger partial charge in [0.25, 0.3) is 5.91 Å². The van der Waals surface area contributed by atoms with Gasteiger partial charge in [-0.2, -0.15) is 0 Å². The molecule has 0 saturated heterocycles. The molecule has 2 N–H and O–H groups in total. The molecule has 108 valence electrons. The zero-order valence-corrected chi connectivity index (χ0v) is 11.6. The Kier molecular flexibility index (Phi) is 5.46. The Morgan fingerprint density at radius 3 is 2.52 bits per heavy atom. The third-order valence-corrected chi connectivity index (χ3v) is 2.89. The van der Waals surface area contributed by atoms with Crippen molar-refractivity contribution >= 4 is 11.8 Å². The van der Waals surface area contributed by atoms with Gasteiger partial charge >= 0.3 is 0 Å². The molecule has 0 unspecified atom stereocenters. The lowest BCUT2D eigenvalue weighted by molar-refractivity contribution is -0.121. The Balaban J connectivity index is 1.66. The molecule has 0 aliphatic rings. The number of carbonyl (C=O) groups is 2. The summed E-state index contributed by atoms with van der Waals surface area (Å²) in [4.78, 5) is 27.4. The first kappa shape index (κ1) is 14.7. The van der Waals surface area contributed by atoms with Crippen LogP contribution in [0.25, 0.3) is 0 Å². The van der Waals surface area contributed by atoms with Gasteiger partial charge in [0.15, 0.2) is 0 Å². The van der Waals surface area contributed by atoms with E-state index in [4.69, 9.17) is 0 Å². The number of carbonyl (C=O) groups excluding carboxylic acids is 2. The first-order valence-electron chi connectivity index (χ1n) is 6.74. The highest BCUT2D eigenvalue weighted by Gasteiger charge is 2.05. The summed E-state index contributed by atoms with van der Waals surface area (Å²) < 4.78 is 0. The van der Waals surface area contributed by atoms with E-state index >= 15 is 0 Å². The van der Waals surface area contributed by atoms with Gasteiger partial charge in [0, 0.05) is 37.5 Å². The van der Waals surface area contributed by atoms with Gasteiger partial charge < -0.3 is 10.6 Å². The Morgan fingerprint density at radius 1 is 1.00 bits per heavy atom. The van der Waals surface area contributed by atoms with Crippen molar-refractivity contribution in [3.8, 4) is 0 Å². The Labute approximate surface area is 123 Å². The molecule has 0 bridgehead atoms. The van der Waals surface area contributed by atoms with Crippen molar-refractivity contribution in [2.24, 2.45) is 0 Å². The van der Waals surface area contributed by atoms with Crippen molar-refractivity contribution in [3.05, 3.63) is 66.0 Å². The molecule has 21 heavy (non-hydrogen) atoms. The van der Waals surface area contributed by atoms with Crippen LogP contribution >= 0.6 is 0 Å². The number of hydrogen-bond acceptors (Lipinski definition) is 3. The predicted octanol–water partition coefficient (Wildman–Crippen LogP) is 1.52. The van der Waals surface area contributed by atoms with Gasteiger partial charge in [-0.25, -0.2) is 0 Å². The smallest absolute Gasteiger partial charge is 0.251 e. The fourth-order valence-electron chi connectivity index (χ4n) is 1.77. The monoisotopic (exact) mass is 283 g/mol. The quantitative estimate of drug-likeness (QED) is 0.844. The maximum absolute atomic E-state index is 11.8. The van der Waals surface area contributed by atoms with E-state index in [2.05, 4.69) is 15.6 Å². The Morgan fingerprint density at radius 2 is 1.81 bits per heavy atom. The van der Waals surface area contributed by atoms with Crippen LogP contribution in [0, 0.1) is 0 Å². The van der Waals surface area contributed by atoms with E-state index in [-0.39, 0.29) is 18.2 Å². The van der Waals surface area contributed by atoms with Gasteiger partial charge in [-0.15, -0.1) is 0 Å². The molecule has 2 amide bonds. The largest absolute Gasteiger partial charge is 0.352 e. The molecule has 0 aliphatic carbocycles. The average molecular weight is 283 g/mol. The second-order valence-corrected chi connectivity index (χ2v) is 4.51. The summed E-state index contributed by atoms with van der Waals surface area (Å²) >= 11 is 0. The molecular weight excluding hydrogens is 266 g/mol. The summed E-state index contributed by atoms with van der Waals surface area (Å²) in [7, 11) is 0. The summed E-state index contributed by atoms with van der Waals surface area (Å²) in [5.74, 6) is -0.275. The zero-order valence-electron chi connectivity index (χ0n) is 11.6. The van der Waals surface area contributed by atoms with E-state index in [9.17, 15) is 9.59 Å². The molecule has 0 aliphatic heterocycles. The second-order valence-electron chi connectivity index (χ2n) is 4.51. The standard InChI is InChI=1S/C16H17N3O2/c20-15(19-12-13-5-4-9-17-11-13)8-10-18-16(21)14-6-2-1-3-7-14/h1-7,9,11H,8,10,12H2,(H,18,21)(H,19,20). The summed E-state index contributed by atoms with van der Waals surface area (Å²) in [6, 6.07) is 12.6. The van der Waals surface area contributed by atoms with Gasteiger partial charge in [0.2, 0.25) is 5.91 Å². The van der Waals surface area contributed by atoms with Crippen LogP contribution in [0.4, 0.5) is 0 Å². The normalized spacial score (nSPS) is 9.90. The third-order valence-electron chi connectivity index (χ3n) is 2.89. The van der Waals surface area contributed by atoms with Crippen molar-refractivity contribution in [2.45, 2.75) is 13.0 Å².